The Balaban J connectivity index is 2.10. The van der Waals surface area contributed by atoms with Gasteiger partial charge >= 0.3 is 5.97 Å². The Kier molecular flexibility index (Phi) is 7.72. The van der Waals surface area contributed by atoms with Crippen molar-refractivity contribution in [1.82, 2.24) is 0 Å². The molecule has 1 N–H and O–H groups in total. The van der Waals surface area contributed by atoms with Crippen molar-refractivity contribution in [3.63, 3.8) is 0 Å². The number of nitrogens with one attached hydrogen (secondary N) is 1. The summed E-state index contributed by atoms with van der Waals surface area (Å²) in [5.74, 6) is -1.05. The monoisotopic (exact) mass is 415 g/mol. The van der Waals surface area contributed by atoms with Crippen LogP contribution in [0.4, 0.5) is 5.69 Å². The van der Waals surface area contributed by atoms with Crippen LogP contribution in [-0.2, 0) is 9.47 Å². The number of rotatable bonds is 7. The van der Waals surface area contributed by atoms with Crippen molar-refractivity contribution in [2.75, 3.05) is 25.1 Å². The fourth-order valence-corrected chi connectivity index (χ4v) is 2.77. The number of halogens is 3. The first kappa shape index (κ1) is 20.5. The normalized spacial score (nSPS) is 10.5. The Hall–Kier alpha value is -1.79. The summed E-state index contributed by atoms with van der Waals surface area (Å²) in [6.07, 6.45) is 0. The van der Waals surface area contributed by atoms with Gasteiger partial charge in [0.15, 0.2) is 0 Å². The molecule has 26 heavy (non-hydrogen) atoms. The third-order valence-corrected chi connectivity index (χ3v) is 4.41. The molecule has 0 saturated carbocycles. The lowest BCUT2D eigenvalue weighted by Gasteiger charge is -2.11. The highest BCUT2D eigenvalue weighted by Crippen LogP contribution is 2.32. The summed E-state index contributed by atoms with van der Waals surface area (Å²) in [6.45, 7) is 2.88. The molecule has 2 aromatic carbocycles. The fraction of sp³-hybridized carbons (Fsp3) is 0.222. The zero-order chi connectivity index (χ0) is 19.1. The van der Waals surface area contributed by atoms with Crippen LogP contribution in [0.3, 0.4) is 0 Å². The van der Waals surface area contributed by atoms with Crippen LogP contribution in [0.25, 0.3) is 0 Å². The summed E-state index contributed by atoms with van der Waals surface area (Å²) in [5, 5.41) is 3.08. The fourth-order valence-electron chi connectivity index (χ4n) is 2.07. The molecule has 1 amide bonds. The maximum absolute atomic E-state index is 12.5. The van der Waals surface area contributed by atoms with E-state index in [2.05, 4.69) is 5.32 Å². The summed E-state index contributed by atoms with van der Waals surface area (Å²) in [7, 11) is 0. The maximum Gasteiger partial charge on any atom is 0.338 e. The molecule has 0 spiro atoms. The lowest BCUT2D eigenvalue weighted by Crippen LogP contribution is -2.14. The van der Waals surface area contributed by atoms with Gasteiger partial charge in [0.05, 0.1) is 32.8 Å². The molecular formula is C18H16Cl3NO4. The van der Waals surface area contributed by atoms with Crippen molar-refractivity contribution < 1.29 is 19.1 Å². The largest absolute Gasteiger partial charge is 0.460 e. The number of hydrogen-bond donors (Lipinski definition) is 1. The molecule has 0 fully saturated rings. The van der Waals surface area contributed by atoms with Gasteiger partial charge in [-0.05, 0) is 37.3 Å². The highest BCUT2D eigenvalue weighted by atomic mass is 35.5. The molecule has 2 rings (SSSR count). The van der Waals surface area contributed by atoms with Crippen LogP contribution < -0.4 is 5.32 Å². The molecule has 8 heteroatoms. The van der Waals surface area contributed by atoms with Crippen molar-refractivity contribution in [2.45, 2.75) is 6.92 Å². The first-order valence-electron chi connectivity index (χ1n) is 7.73. The van der Waals surface area contributed by atoms with Crippen LogP contribution in [0, 0.1) is 0 Å². The summed E-state index contributed by atoms with van der Waals surface area (Å²) >= 11 is 18.0. The van der Waals surface area contributed by atoms with E-state index < -0.39 is 11.9 Å². The summed E-state index contributed by atoms with van der Waals surface area (Å²) in [5.41, 5.74) is 0.745. The number of ether oxygens (including phenoxy) is 2. The molecule has 0 aromatic heterocycles. The lowest BCUT2D eigenvalue weighted by atomic mass is 10.1. The van der Waals surface area contributed by atoms with Crippen molar-refractivity contribution >= 4 is 52.4 Å². The van der Waals surface area contributed by atoms with Gasteiger partial charge in [-0.1, -0.05) is 40.9 Å². The van der Waals surface area contributed by atoms with Crippen LogP contribution >= 0.6 is 34.8 Å². The van der Waals surface area contributed by atoms with Crippen LogP contribution in [0.5, 0.6) is 0 Å². The molecule has 0 aliphatic heterocycles. The van der Waals surface area contributed by atoms with Gasteiger partial charge < -0.3 is 14.8 Å². The molecule has 138 valence electrons. The Morgan fingerprint density at radius 3 is 2.50 bits per heavy atom. The van der Waals surface area contributed by atoms with E-state index in [0.717, 1.165) is 0 Å². The molecule has 0 saturated heterocycles. The topological polar surface area (TPSA) is 64.6 Å². The molecule has 2 aromatic rings. The highest BCUT2D eigenvalue weighted by Gasteiger charge is 2.18. The third-order valence-electron chi connectivity index (χ3n) is 3.29. The zero-order valence-electron chi connectivity index (χ0n) is 13.9. The Morgan fingerprint density at radius 2 is 1.77 bits per heavy atom. The van der Waals surface area contributed by atoms with Crippen LogP contribution in [0.1, 0.15) is 27.6 Å². The first-order chi connectivity index (χ1) is 12.4. The van der Waals surface area contributed by atoms with Crippen LogP contribution in [-0.4, -0.2) is 31.7 Å². The molecule has 0 aliphatic rings. The third kappa shape index (κ3) is 5.35. The molecule has 0 radical (unpaired) electrons. The molecule has 5 nitrogen and oxygen atoms in total. The zero-order valence-corrected chi connectivity index (χ0v) is 16.1. The SMILES string of the molecule is CCOCCOC(=O)c1cccc(NC(=O)c2c(Cl)ccc(Cl)c2Cl)c1. The molecule has 0 atom stereocenters. The molecule has 0 unspecified atom stereocenters. The number of amides is 1. The number of anilines is 1. The van der Waals surface area contributed by atoms with E-state index in [4.69, 9.17) is 44.3 Å². The van der Waals surface area contributed by atoms with E-state index in [1.54, 1.807) is 18.2 Å². The average Bonchev–Trinajstić information content (AvgIpc) is 2.62. The average molecular weight is 417 g/mol. The number of esters is 1. The second-order valence-electron chi connectivity index (χ2n) is 5.09. The second kappa shape index (κ2) is 9.78. The molecule has 0 bridgehead atoms. The minimum atomic E-state index is -0.538. The smallest absolute Gasteiger partial charge is 0.338 e. The Morgan fingerprint density at radius 1 is 1.04 bits per heavy atom. The van der Waals surface area contributed by atoms with E-state index in [9.17, 15) is 9.59 Å². The van der Waals surface area contributed by atoms with Crippen molar-refractivity contribution in [1.29, 1.82) is 0 Å². The van der Waals surface area contributed by atoms with Gasteiger partial charge in [0.2, 0.25) is 0 Å². The van der Waals surface area contributed by atoms with Crippen molar-refractivity contribution in [3.8, 4) is 0 Å². The minimum Gasteiger partial charge on any atom is -0.460 e. The predicted octanol–water partition coefficient (Wildman–Crippen LogP) is 5.09. The lowest BCUT2D eigenvalue weighted by molar-refractivity contribution is 0.0335. The first-order valence-corrected chi connectivity index (χ1v) is 8.87. The number of carbonyl (C=O) groups excluding carboxylic acids is 2. The minimum absolute atomic E-state index is 0.0585. The van der Waals surface area contributed by atoms with E-state index >= 15 is 0 Å². The van der Waals surface area contributed by atoms with Crippen LogP contribution in [0.15, 0.2) is 36.4 Å². The van der Waals surface area contributed by atoms with Gasteiger partial charge in [0.25, 0.3) is 5.91 Å². The number of carbonyl (C=O) groups is 2. The highest BCUT2D eigenvalue weighted by molar-refractivity contribution is 6.46. The molecule has 0 aliphatic carbocycles. The summed E-state index contributed by atoms with van der Waals surface area (Å²) < 4.78 is 10.2. The van der Waals surface area contributed by atoms with Crippen LogP contribution in [0.2, 0.25) is 15.1 Å². The van der Waals surface area contributed by atoms with Gasteiger partial charge in [-0.25, -0.2) is 4.79 Å². The standard InChI is InChI=1S/C18H16Cl3NO4/c1-2-25-8-9-26-18(24)11-4-3-5-12(10-11)22-17(23)15-13(19)6-7-14(20)16(15)21/h3-7,10H,2,8-9H2,1H3,(H,22,23). The second-order valence-corrected chi connectivity index (χ2v) is 6.28. The summed E-state index contributed by atoms with van der Waals surface area (Å²) in [4.78, 5) is 24.5. The van der Waals surface area contributed by atoms with E-state index in [1.165, 1.54) is 18.2 Å². The van der Waals surface area contributed by atoms with Gasteiger partial charge in [0.1, 0.15) is 6.61 Å². The predicted molar refractivity (Wildman–Crippen MR) is 103 cm³/mol. The van der Waals surface area contributed by atoms with Crippen molar-refractivity contribution in [3.05, 3.63) is 62.6 Å². The Labute approximate surface area is 166 Å². The van der Waals surface area contributed by atoms with E-state index in [-0.39, 0.29) is 27.2 Å². The van der Waals surface area contributed by atoms with Gasteiger partial charge in [-0.2, -0.15) is 0 Å². The van der Waals surface area contributed by atoms with Gasteiger partial charge in [0, 0.05) is 12.3 Å². The quantitative estimate of drug-likeness (QED) is 0.388. The number of hydrogen-bond acceptors (Lipinski definition) is 4. The van der Waals surface area contributed by atoms with Crippen molar-refractivity contribution in [2.24, 2.45) is 0 Å². The van der Waals surface area contributed by atoms with Gasteiger partial charge in [-0.3, -0.25) is 4.79 Å². The Bertz CT molecular complexity index is 811. The summed E-state index contributed by atoms with van der Waals surface area (Å²) in [6, 6.07) is 9.31. The van der Waals surface area contributed by atoms with E-state index in [0.29, 0.717) is 24.5 Å². The van der Waals surface area contributed by atoms with Gasteiger partial charge in [-0.15, -0.1) is 0 Å². The number of benzene rings is 2. The van der Waals surface area contributed by atoms with E-state index in [1.807, 2.05) is 6.92 Å². The molecule has 0 heterocycles. The molecular weight excluding hydrogens is 401 g/mol. The maximum atomic E-state index is 12.5.